The minimum absolute atomic E-state index is 0.0560. The molecule has 10 nitrogen and oxygen atoms in total. The summed E-state index contributed by atoms with van der Waals surface area (Å²) in [6.45, 7) is 0.739. The highest BCUT2D eigenvalue weighted by molar-refractivity contribution is 6.05. The normalized spacial score (nSPS) is 10.2. The number of hydrogen-bond acceptors (Lipinski definition) is 7. The van der Waals surface area contributed by atoms with Crippen molar-refractivity contribution in [3.8, 4) is 0 Å². The lowest BCUT2D eigenvalue weighted by molar-refractivity contribution is -0.384. The third kappa shape index (κ3) is 4.74. The molecule has 0 aliphatic carbocycles. The van der Waals surface area contributed by atoms with Crippen LogP contribution in [0.2, 0.25) is 0 Å². The van der Waals surface area contributed by atoms with Crippen molar-refractivity contribution in [2.75, 3.05) is 30.9 Å². The van der Waals surface area contributed by atoms with Crippen LogP contribution in [0, 0.1) is 20.2 Å². The van der Waals surface area contributed by atoms with Crippen LogP contribution in [0.4, 0.5) is 22.7 Å². The molecule has 2 aromatic carbocycles. The highest BCUT2D eigenvalue weighted by atomic mass is 16.6. The van der Waals surface area contributed by atoms with Crippen LogP contribution in [0.1, 0.15) is 10.4 Å². The van der Waals surface area contributed by atoms with E-state index in [1.165, 1.54) is 43.5 Å². The average Bonchev–Trinajstić information content (AvgIpc) is 2.62. The molecule has 26 heavy (non-hydrogen) atoms. The van der Waals surface area contributed by atoms with Gasteiger partial charge in [0.25, 0.3) is 17.3 Å². The minimum atomic E-state index is -0.614. The molecule has 2 aromatic rings. The summed E-state index contributed by atoms with van der Waals surface area (Å²) in [6.07, 6.45) is 0. The summed E-state index contributed by atoms with van der Waals surface area (Å²) in [7, 11) is 1.51. The molecule has 0 heterocycles. The summed E-state index contributed by atoms with van der Waals surface area (Å²) in [6, 6.07) is 9.40. The maximum atomic E-state index is 12.3. The van der Waals surface area contributed by atoms with Gasteiger partial charge in [-0.2, -0.15) is 0 Å². The number of rotatable bonds is 8. The van der Waals surface area contributed by atoms with Gasteiger partial charge in [-0.3, -0.25) is 25.0 Å². The Morgan fingerprint density at radius 1 is 1.12 bits per heavy atom. The monoisotopic (exact) mass is 360 g/mol. The fourth-order valence-corrected chi connectivity index (χ4v) is 2.16. The van der Waals surface area contributed by atoms with Gasteiger partial charge in [0.05, 0.1) is 16.5 Å². The highest BCUT2D eigenvalue weighted by Crippen LogP contribution is 2.26. The molecule has 136 valence electrons. The van der Waals surface area contributed by atoms with E-state index in [0.29, 0.717) is 13.2 Å². The summed E-state index contributed by atoms with van der Waals surface area (Å²) in [4.78, 5) is 33.1. The molecular weight excluding hydrogens is 344 g/mol. The van der Waals surface area contributed by atoms with Gasteiger partial charge in [0.2, 0.25) is 0 Å². The van der Waals surface area contributed by atoms with Gasteiger partial charge >= 0.3 is 0 Å². The zero-order valence-electron chi connectivity index (χ0n) is 13.8. The molecule has 0 fully saturated rings. The van der Waals surface area contributed by atoms with Crippen LogP contribution >= 0.6 is 0 Å². The molecule has 0 atom stereocenters. The smallest absolute Gasteiger partial charge is 0.293 e. The van der Waals surface area contributed by atoms with Crippen LogP contribution < -0.4 is 10.6 Å². The van der Waals surface area contributed by atoms with Gasteiger partial charge in [-0.15, -0.1) is 0 Å². The maximum Gasteiger partial charge on any atom is 0.293 e. The van der Waals surface area contributed by atoms with Crippen molar-refractivity contribution in [1.29, 1.82) is 0 Å². The van der Waals surface area contributed by atoms with E-state index in [9.17, 15) is 25.0 Å². The fraction of sp³-hybridized carbons (Fsp3) is 0.188. The molecule has 0 aliphatic heterocycles. The van der Waals surface area contributed by atoms with E-state index in [-0.39, 0.29) is 28.3 Å². The molecule has 1 amide bonds. The summed E-state index contributed by atoms with van der Waals surface area (Å²) in [5.41, 5.74) is 0.105. The Kier molecular flexibility index (Phi) is 6.17. The molecule has 0 radical (unpaired) electrons. The van der Waals surface area contributed by atoms with Gasteiger partial charge in [0, 0.05) is 43.1 Å². The predicted molar refractivity (Wildman–Crippen MR) is 94.5 cm³/mol. The van der Waals surface area contributed by atoms with Crippen LogP contribution in [-0.4, -0.2) is 36.0 Å². The number of carbonyl (C=O) groups excluding carboxylic acids is 1. The van der Waals surface area contributed by atoms with E-state index in [0.717, 1.165) is 6.07 Å². The Balaban J connectivity index is 2.20. The Morgan fingerprint density at radius 3 is 2.54 bits per heavy atom. The average molecular weight is 360 g/mol. The predicted octanol–water partition coefficient (Wildman–Crippen LogP) is 2.81. The quantitative estimate of drug-likeness (QED) is 0.419. The van der Waals surface area contributed by atoms with Crippen molar-refractivity contribution in [2.45, 2.75) is 0 Å². The molecule has 0 aliphatic rings. The van der Waals surface area contributed by atoms with Gasteiger partial charge in [0.1, 0.15) is 5.69 Å². The van der Waals surface area contributed by atoms with E-state index in [4.69, 9.17) is 4.74 Å². The first-order valence-corrected chi connectivity index (χ1v) is 7.49. The third-order valence-electron chi connectivity index (χ3n) is 3.39. The molecule has 0 bridgehead atoms. The van der Waals surface area contributed by atoms with Gasteiger partial charge in [-0.05, 0) is 18.2 Å². The van der Waals surface area contributed by atoms with Crippen LogP contribution in [0.5, 0.6) is 0 Å². The van der Waals surface area contributed by atoms with Crippen molar-refractivity contribution in [3.63, 3.8) is 0 Å². The van der Waals surface area contributed by atoms with Crippen molar-refractivity contribution < 1.29 is 19.4 Å². The second-order valence-electron chi connectivity index (χ2n) is 5.17. The molecule has 0 saturated heterocycles. The topological polar surface area (TPSA) is 137 Å². The fourth-order valence-electron chi connectivity index (χ4n) is 2.16. The Bertz CT molecular complexity index is 839. The van der Waals surface area contributed by atoms with Gasteiger partial charge in [-0.1, -0.05) is 6.07 Å². The molecule has 2 rings (SSSR count). The SMILES string of the molecule is COCCNc1ccc(C(=O)Nc2cccc([N+](=O)[O-])c2)cc1[N+](=O)[O-]. The first-order valence-electron chi connectivity index (χ1n) is 7.49. The summed E-state index contributed by atoms with van der Waals surface area (Å²) in [5.74, 6) is -0.614. The summed E-state index contributed by atoms with van der Waals surface area (Å²) < 4.78 is 4.87. The van der Waals surface area contributed by atoms with E-state index in [1.54, 1.807) is 0 Å². The molecule has 0 unspecified atom stereocenters. The number of nitrogens with one attached hydrogen (secondary N) is 2. The Labute approximate surface area is 148 Å². The van der Waals surface area contributed by atoms with Crippen molar-refractivity contribution >= 4 is 28.7 Å². The molecule has 2 N–H and O–H groups in total. The summed E-state index contributed by atoms with van der Waals surface area (Å²) in [5, 5.41) is 27.4. The number of hydrogen-bond donors (Lipinski definition) is 2. The molecule has 0 aromatic heterocycles. The number of carbonyl (C=O) groups is 1. The zero-order chi connectivity index (χ0) is 19.1. The van der Waals surface area contributed by atoms with Crippen LogP contribution in [0.15, 0.2) is 42.5 Å². The second-order valence-corrected chi connectivity index (χ2v) is 5.17. The number of anilines is 2. The summed E-state index contributed by atoms with van der Waals surface area (Å²) >= 11 is 0. The third-order valence-corrected chi connectivity index (χ3v) is 3.39. The number of methoxy groups -OCH3 is 1. The minimum Gasteiger partial charge on any atom is -0.383 e. The van der Waals surface area contributed by atoms with E-state index < -0.39 is 15.8 Å². The lowest BCUT2D eigenvalue weighted by atomic mass is 10.1. The van der Waals surface area contributed by atoms with E-state index in [2.05, 4.69) is 10.6 Å². The van der Waals surface area contributed by atoms with Crippen LogP contribution in [0.25, 0.3) is 0 Å². The Morgan fingerprint density at radius 2 is 1.88 bits per heavy atom. The number of nitrogens with zero attached hydrogens (tertiary/aromatic N) is 2. The largest absolute Gasteiger partial charge is 0.383 e. The van der Waals surface area contributed by atoms with Gasteiger partial charge < -0.3 is 15.4 Å². The van der Waals surface area contributed by atoms with Crippen molar-refractivity contribution in [3.05, 3.63) is 68.3 Å². The molecular formula is C16H16N4O6. The zero-order valence-corrected chi connectivity index (χ0v) is 13.8. The first kappa shape index (κ1) is 18.8. The van der Waals surface area contributed by atoms with Crippen molar-refractivity contribution in [2.24, 2.45) is 0 Å². The van der Waals surface area contributed by atoms with E-state index in [1.807, 2.05) is 0 Å². The molecule has 0 saturated carbocycles. The van der Waals surface area contributed by atoms with E-state index >= 15 is 0 Å². The molecule has 10 heteroatoms. The Hall–Kier alpha value is -3.53. The number of ether oxygens (including phenoxy) is 1. The van der Waals surface area contributed by atoms with Crippen LogP contribution in [0.3, 0.4) is 0 Å². The molecule has 0 spiro atoms. The number of benzene rings is 2. The lowest BCUT2D eigenvalue weighted by Crippen LogP contribution is -2.14. The number of nitro groups is 2. The van der Waals surface area contributed by atoms with Gasteiger partial charge in [-0.25, -0.2) is 0 Å². The number of nitro benzene ring substituents is 2. The highest BCUT2D eigenvalue weighted by Gasteiger charge is 2.18. The second kappa shape index (κ2) is 8.53. The lowest BCUT2D eigenvalue weighted by Gasteiger charge is -2.09. The van der Waals surface area contributed by atoms with Gasteiger partial charge in [0.15, 0.2) is 0 Å². The van der Waals surface area contributed by atoms with Crippen molar-refractivity contribution in [1.82, 2.24) is 0 Å². The first-order chi connectivity index (χ1) is 12.4. The number of amides is 1. The standard InChI is InChI=1S/C16H16N4O6/c1-26-8-7-17-14-6-5-11(9-15(14)20(24)25)16(21)18-12-3-2-4-13(10-12)19(22)23/h2-6,9-10,17H,7-8H2,1H3,(H,18,21). The number of non-ortho nitro benzene ring substituents is 1. The van der Waals surface area contributed by atoms with Crippen LogP contribution in [-0.2, 0) is 4.74 Å². The maximum absolute atomic E-state index is 12.3.